The fourth-order valence-corrected chi connectivity index (χ4v) is 2.23. The average Bonchev–Trinajstić information content (AvgIpc) is 2.64. The lowest BCUT2D eigenvalue weighted by Gasteiger charge is -2.13. The van der Waals surface area contributed by atoms with E-state index in [1.165, 1.54) is 13.2 Å². The van der Waals surface area contributed by atoms with E-state index in [1.54, 1.807) is 0 Å². The summed E-state index contributed by atoms with van der Waals surface area (Å²) in [5, 5.41) is 0. The lowest BCUT2D eigenvalue weighted by atomic mass is 10.2. The van der Waals surface area contributed by atoms with Crippen molar-refractivity contribution in [1.29, 1.82) is 0 Å². The van der Waals surface area contributed by atoms with E-state index in [0.717, 1.165) is 24.8 Å². The molecule has 1 aromatic carbocycles. The number of rotatable bonds is 9. The molecule has 6 nitrogen and oxygen atoms in total. The molecule has 6 heteroatoms. The molecular formula is C19H24N2O4. The topological polar surface area (TPSA) is 83.7 Å². The molecule has 2 aromatic rings. The van der Waals surface area contributed by atoms with Gasteiger partial charge in [0.25, 0.3) is 5.88 Å². The quantitative estimate of drug-likeness (QED) is 0.553. The second-order valence-corrected chi connectivity index (χ2v) is 5.55. The Bertz CT molecular complexity index is 689. The van der Waals surface area contributed by atoms with Gasteiger partial charge < -0.3 is 19.9 Å². The van der Waals surface area contributed by atoms with E-state index in [4.69, 9.17) is 19.9 Å². The van der Waals surface area contributed by atoms with Crippen molar-refractivity contribution < 1.29 is 19.0 Å². The number of nitrogens with zero attached hydrogens (tertiary/aromatic N) is 1. The first-order valence-electron chi connectivity index (χ1n) is 8.34. The van der Waals surface area contributed by atoms with Crippen LogP contribution in [0.25, 0.3) is 0 Å². The van der Waals surface area contributed by atoms with Gasteiger partial charge in [-0.25, -0.2) is 4.79 Å². The highest BCUT2D eigenvalue weighted by molar-refractivity contribution is 5.94. The van der Waals surface area contributed by atoms with E-state index in [9.17, 15) is 4.79 Å². The number of ether oxygens (including phenoxy) is 3. The summed E-state index contributed by atoms with van der Waals surface area (Å²) in [7, 11) is 1.49. The van der Waals surface area contributed by atoms with Gasteiger partial charge in [0, 0.05) is 6.07 Å². The molecule has 1 aromatic heterocycles. The molecule has 0 unspecified atom stereocenters. The third-order valence-electron chi connectivity index (χ3n) is 3.62. The number of carbonyl (C=O) groups is 1. The van der Waals surface area contributed by atoms with Crippen molar-refractivity contribution in [2.75, 3.05) is 19.5 Å². The third kappa shape index (κ3) is 5.38. The molecule has 0 bridgehead atoms. The van der Waals surface area contributed by atoms with Gasteiger partial charge in [-0.3, -0.25) is 0 Å². The molecule has 2 N–H and O–H groups in total. The Hall–Kier alpha value is -2.76. The van der Waals surface area contributed by atoms with Crippen molar-refractivity contribution in [2.45, 2.75) is 32.8 Å². The van der Waals surface area contributed by atoms with Crippen LogP contribution in [0.15, 0.2) is 36.4 Å². The van der Waals surface area contributed by atoms with Gasteiger partial charge in [0.2, 0.25) is 0 Å². The number of hydrogen-bond donors (Lipinski definition) is 1. The Morgan fingerprint density at radius 1 is 1.20 bits per heavy atom. The molecule has 0 aliphatic heterocycles. The number of benzene rings is 1. The zero-order valence-electron chi connectivity index (χ0n) is 14.7. The van der Waals surface area contributed by atoms with Crippen LogP contribution < -0.4 is 15.2 Å². The van der Waals surface area contributed by atoms with Crippen LogP contribution in [0.2, 0.25) is 0 Å². The number of nitrogens with two attached hydrogens (primary N) is 1. The third-order valence-corrected chi connectivity index (χ3v) is 3.62. The van der Waals surface area contributed by atoms with Gasteiger partial charge in [0.15, 0.2) is 5.75 Å². The summed E-state index contributed by atoms with van der Waals surface area (Å²) in [6.07, 6.45) is 2.89. The maximum Gasteiger partial charge on any atom is 0.342 e. The normalized spacial score (nSPS) is 10.3. The van der Waals surface area contributed by atoms with Gasteiger partial charge in [0.05, 0.1) is 13.7 Å². The van der Waals surface area contributed by atoms with Crippen LogP contribution in [0.1, 0.15) is 42.1 Å². The zero-order valence-corrected chi connectivity index (χ0v) is 14.7. The summed E-state index contributed by atoms with van der Waals surface area (Å²) in [6, 6.07) is 11.2. The van der Waals surface area contributed by atoms with Crippen molar-refractivity contribution in [3.05, 3.63) is 47.5 Å². The van der Waals surface area contributed by atoms with E-state index >= 15 is 0 Å². The standard InChI is InChI=1S/C19H24N2O4/c1-3-4-8-11-24-19(22)15-12-16(23-2)18(21-17(15)20)25-13-14-9-6-5-7-10-14/h5-7,9-10,12H,3-4,8,11,13H2,1-2H3,(H2,20,21). The molecular weight excluding hydrogens is 320 g/mol. The van der Waals surface area contributed by atoms with Crippen LogP contribution in [-0.4, -0.2) is 24.7 Å². The number of hydrogen-bond acceptors (Lipinski definition) is 6. The maximum absolute atomic E-state index is 12.1. The molecule has 0 radical (unpaired) electrons. The molecule has 1 heterocycles. The summed E-state index contributed by atoms with van der Waals surface area (Å²) in [5.74, 6) is 0.135. The SMILES string of the molecule is CCCCCOC(=O)c1cc(OC)c(OCc2ccccc2)nc1N. The van der Waals surface area contributed by atoms with Crippen LogP contribution in [0.5, 0.6) is 11.6 Å². The van der Waals surface area contributed by atoms with Gasteiger partial charge in [0.1, 0.15) is 18.0 Å². The molecule has 0 spiro atoms. The Morgan fingerprint density at radius 2 is 1.96 bits per heavy atom. The Balaban J connectivity index is 2.07. The fourth-order valence-electron chi connectivity index (χ4n) is 2.23. The molecule has 0 fully saturated rings. The predicted octanol–water partition coefficient (Wildman–Crippen LogP) is 3.60. The van der Waals surface area contributed by atoms with Crippen molar-refractivity contribution >= 4 is 11.8 Å². The number of esters is 1. The number of anilines is 1. The van der Waals surface area contributed by atoms with Crippen molar-refractivity contribution in [1.82, 2.24) is 4.98 Å². The van der Waals surface area contributed by atoms with Crippen LogP contribution >= 0.6 is 0 Å². The van der Waals surface area contributed by atoms with Crippen molar-refractivity contribution in [3.63, 3.8) is 0 Å². The minimum Gasteiger partial charge on any atom is -0.491 e. The lowest BCUT2D eigenvalue weighted by Crippen LogP contribution is -2.12. The number of pyridine rings is 1. The molecule has 0 amide bonds. The number of carbonyl (C=O) groups excluding carboxylic acids is 1. The molecule has 0 atom stereocenters. The number of methoxy groups -OCH3 is 1. The van der Waals surface area contributed by atoms with Crippen molar-refractivity contribution in [3.8, 4) is 11.6 Å². The molecule has 25 heavy (non-hydrogen) atoms. The van der Waals surface area contributed by atoms with E-state index in [-0.39, 0.29) is 17.3 Å². The zero-order chi connectivity index (χ0) is 18.1. The first-order chi connectivity index (χ1) is 12.2. The van der Waals surface area contributed by atoms with Crippen LogP contribution in [-0.2, 0) is 11.3 Å². The Morgan fingerprint density at radius 3 is 2.64 bits per heavy atom. The summed E-state index contributed by atoms with van der Waals surface area (Å²) >= 11 is 0. The largest absolute Gasteiger partial charge is 0.491 e. The van der Waals surface area contributed by atoms with Gasteiger partial charge in [-0.2, -0.15) is 4.98 Å². The van der Waals surface area contributed by atoms with E-state index in [0.29, 0.717) is 19.0 Å². The van der Waals surface area contributed by atoms with Gasteiger partial charge in [-0.1, -0.05) is 50.1 Å². The molecule has 0 aliphatic carbocycles. The minimum atomic E-state index is -0.506. The monoisotopic (exact) mass is 344 g/mol. The number of nitrogen functional groups attached to an aromatic ring is 1. The van der Waals surface area contributed by atoms with E-state index in [1.807, 2.05) is 30.3 Å². The Kier molecular flexibility index (Phi) is 7.07. The smallest absolute Gasteiger partial charge is 0.342 e. The van der Waals surface area contributed by atoms with Crippen LogP contribution in [0.4, 0.5) is 5.82 Å². The molecule has 0 saturated carbocycles. The minimum absolute atomic E-state index is 0.0596. The number of aromatic nitrogens is 1. The average molecular weight is 344 g/mol. The fraction of sp³-hybridized carbons (Fsp3) is 0.368. The summed E-state index contributed by atoms with van der Waals surface area (Å²) < 4.78 is 16.2. The Labute approximate surface area is 147 Å². The van der Waals surface area contributed by atoms with Crippen LogP contribution in [0, 0.1) is 0 Å². The van der Waals surface area contributed by atoms with Gasteiger partial charge in [-0.05, 0) is 12.0 Å². The van der Waals surface area contributed by atoms with Crippen LogP contribution in [0.3, 0.4) is 0 Å². The highest BCUT2D eigenvalue weighted by Gasteiger charge is 2.18. The van der Waals surface area contributed by atoms with E-state index in [2.05, 4.69) is 11.9 Å². The predicted molar refractivity (Wildman–Crippen MR) is 95.8 cm³/mol. The molecule has 0 aliphatic rings. The second-order valence-electron chi connectivity index (χ2n) is 5.55. The van der Waals surface area contributed by atoms with Crippen molar-refractivity contribution in [2.24, 2.45) is 0 Å². The summed E-state index contributed by atoms with van der Waals surface area (Å²) in [5.41, 5.74) is 7.07. The second kappa shape index (κ2) is 9.52. The maximum atomic E-state index is 12.1. The first-order valence-corrected chi connectivity index (χ1v) is 8.34. The highest BCUT2D eigenvalue weighted by atomic mass is 16.5. The van der Waals surface area contributed by atoms with Gasteiger partial charge in [-0.15, -0.1) is 0 Å². The molecule has 2 rings (SSSR count). The van der Waals surface area contributed by atoms with E-state index < -0.39 is 5.97 Å². The summed E-state index contributed by atoms with van der Waals surface area (Å²) in [6.45, 7) is 2.77. The number of unbranched alkanes of at least 4 members (excludes halogenated alkanes) is 2. The van der Waals surface area contributed by atoms with Gasteiger partial charge >= 0.3 is 5.97 Å². The first kappa shape index (κ1) is 18.6. The molecule has 134 valence electrons. The lowest BCUT2D eigenvalue weighted by molar-refractivity contribution is 0.0498. The molecule has 0 saturated heterocycles. The summed E-state index contributed by atoms with van der Waals surface area (Å²) in [4.78, 5) is 16.3. The highest BCUT2D eigenvalue weighted by Crippen LogP contribution is 2.29.